The molecular formula is C47H49AuN3-2. The number of hydrogen-bond acceptors (Lipinski definition) is 2. The van der Waals surface area contributed by atoms with Crippen LogP contribution >= 0.6 is 0 Å². The van der Waals surface area contributed by atoms with Crippen molar-refractivity contribution in [3.05, 3.63) is 150 Å². The minimum absolute atomic E-state index is 0. The van der Waals surface area contributed by atoms with E-state index in [0.717, 1.165) is 11.0 Å². The first-order valence-corrected chi connectivity index (χ1v) is 18.3. The van der Waals surface area contributed by atoms with Gasteiger partial charge in [-0.15, -0.1) is 17.7 Å². The molecule has 0 atom stereocenters. The van der Waals surface area contributed by atoms with E-state index in [4.69, 9.17) is 0 Å². The predicted molar refractivity (Wildman–Crippen MR) is 217 cm³/mol. The first-order valence-electron chi connectivity index (χ1n) is 18.3. The zero-order chi connectivity index (χ0) is 35.1. The number of aromatic nitrogens is 1. The summed E-state index contributed by atoms with van der Waals surface area (Å²) in [6, 6.07) is 43.6. The fraction of sp³-hybridized carbons (Fsp3) is 0.255. The van der Waals surface area contributed by atoms with Gasteiger partial charge >= 0.3 is 0 Å². The van der Waals surface area contributed by atoms with Gasteiger partial charge in [0.15, 0.2) is 0 Å². The van der Waals surface area contributed by atoms with Crippen molar-refractivity contribution >= 4 is 55.3 Å². The quantitative estimate of drug-likeness (QED) is 0.123. The summed E-state index contributed by atoms with van der Waals surface area (Å²) in [4.78, 5) is 9.50. The van der Waals surface area contributed by atoms with Crippen LogP contribution in [-0.4, -0.2) is 0 Å². The third-order valence-corrected chi connectivity index (χ3v) is 10.1. The number of fused-ring (bicyclic) bond motifs is 6. The van der Waals surface area contributed by atoms with Crippen LogP contribution in [0.2, 0.25) is 0 Å². The molecule has 0 unspecified atom stereocenters. The minimum Gasteiger partial charge on any atom is -0.657 e. The third-order valence-electron chi connectivity index (χ3n) is 10.1. The SMILES string of the molecule is CC(C)c1cccc(C(C)C)c1N1[CH-]N(c2c(C(C)C)cccc2C(C)C)c2c1ccc1ccccc21.[Au].c1ccc2c(c1)[n-]c1ccccc12. The topological polar surface area (TPSA) is 20.6 Å². The molecule has 0 saturated carbocycles. The second kappa shape index (κ2) is 15.1. The first-order chi connectivity index (χ1) is 24.2. The standard InChI is InChI=1S/C35H41N2.C12H8N.Au/c1-22(2)27-15-11-16-28(23(3)4)33(27)36-21-37(34-29(24(5)6)17-12-18-30(34)25(7)8)35-31-14-10-9-13-26(31)19-20-32(35)36;1-3-7-11-9(5-1)10-6-2-4-8-12(10)13-11;/h9-25H,1-8H3;1-8H;/q2*-1;. The van der Waals surface area contributed by atoms with E-state index in [1.807, 2.05) is 12.1 Å². The maximum absolute atomic E-state index is 4.52. The Morgan fingerprint density at radius 1 is 0.412 bits per heavy atom. The second-order valence-electron chi connectivity index (χ2n) is 14.8. The number of benzene rings is 6. The zero-order valence-electron chi connectivity index (χ0n) is 31.1. The molecule has 0 saturated heterocycles. The monoisotopic (exact) mass is 852 g/mol. The van der Waals surface area contributed by atoms with Crippen molar-refractivity contribution < 1.29 is 22.4 Å². The Morgan fingerprint density at radius 2 is 0.824 bits per heavy atom. The van der Waals surface area contributed by atoms with Gasteiger partial charge in [-0.3, -0.25) is 0 Å². The van der Waals surface area contributed by atoms with E-state index in [2.05, 4.69) is 186 Å². The first kappa shape index (κ1) is 36.5. The van der Waals surface area contributed by atoms with E-state index >= 15 is 0 Å². The summed E-state index contributed by atoms with van der Waals surface area (Å²) in [7, 11) is 0. The summed E-state index contributed by atoms with van der Waals surface area (Å²) in [6.07, 6.45) is 0. The average Bonchev–Trinajstić information content (AvgIpc) is 3.70. The smallest absolute Gasteiger partial charge is 0.0425 e. The molecule has 0 spiro atoms. The van der Waals surface area contributed by atoms with Gasteiger partial charge in [-0.1, -0.05) is 171 Å². The zero-order valence-corrected chi connectivity index (χ0v) is 33.2. The second-order valence-corrected chi connectivity index (χ2v) is 14.8. The molecule has 4 heteroatoms. The van der Waals surface area contributed by atoms with Crippen LogP contribution in [0.3, 0.4) is 0 Å². The van der Waals surface area contributed by atoms with Crippen LogP contribution in [0.15, 0.2) is 121 Å². The van der Waals surface area contributed by atoms with E-state index in [1.165, 1.54) is 66.5 Å². The Balaban J connectivity index is 0.000000266. The fourth-order valence-electron chi connectivity index (χ4n) is 7.58. The van der Waals surface area contributed by atoms with Gasteiger partial charge < -0.3 is 14.8 Å². The summed E-state index contributed by atoms with van der Waals surface area (Å²) in [6.45, 7) is 20.9. The molecule has 2 heterocycles. The van der Waals surface area contributed by atoms with E-state index in [9.17, 15) is 0 Å². The molecule has 0 amide bonds. The number of para-hydroxylation sites is 4. The summed E-state index contributed by atoms with van der Waals surface area (Å²) in [5.41, 5.74) is 12.9. The van der Waals surface area contributed by atoms with Crippen molar-refractivity contribution in [2.75, 3.05) is 9.80 Å². The van der Waals surface area contributed by atoms with Crippen molar-refractivity contribution in [3.8, 4) is 0 Å². The van der Waals surface area contributed by atoms with Crippen LogP contribution in [0.25, 0.3) is 32.6 Å². The molecule has 1 radical (unpaired) electrons. The van der Waals surface area contributed by atoms with Gasteiger partial charge in [0.1, 0.15) is 0 Å². The summed E-state index contributed by atoms with van der Waals surface area (Å²) >= 11 is 0. The largest absolute Gasteiger partial charge is 0.657 e. The van der Waals surface area contributed by atoms with Crippen LogP contribution in [0.5, 0.6) is 0 Å². The van der Waals surface area contributed by atoms with Crippen LogP contribution in [0, 0.1) is 6.67 Å². The van der Waals surface area contributed by atoms with Gasteiger partial charge in [0.25, 0.3) is 0 Å². The Bertz CT molecular complexity index is 2190. The maximum Gasteiger partial charge on any atom is 0.0425 e. The number of nitrogens with zero attached hydrogens (tertiary/aromatic N) is 3. The van der Waals surface area contributed by atoms with Crippen LogP contribution in [-0.2, 0) is 22.4 Å². The Hall–Kier alpha value is -4.28. The molecule has 6 aromatic carbocycles. The van der Waals surface area contributed by atoms with Crippen molar-refractivity contribution in [2.24, 2.45) is 0 Å². The van der Waals surface area contributed by atoms with Gasteiger partial charge in [-0.2, -0.15) is 0 Å². The van der Waals surface area contributed by atoms with Crippen molar-refractivity contribution in [2.45, 2.75) is 79.1 Å². The molecule has 0 N–H and O–H groups in total. The summed E-state index contributed by atoms with van der Waals surface area (Å²) in [5, 5.41) is 5.06. The van der Waals surface area contributed by atoms with E-state index < -0.39 is 0 Å². The molecule has 51 heavy (non-hydrogen) atoms. The molecule has 265 valence electrons. The van der Waals surface area contributed by atoms with Gasteiger partial charge in [-0.05, 0) is 68.2 Å². The molecule has 0 fully saturated rings. The summed E-state index contributed by atoms with van der Waals surface area (Å²) < 4.78 is 0. The molecule has 0 bridgehead atoms. The number of hydrogen-bond donors (Lipinski definition) is 0. The van der Waals surface area contributed by atoms with Crippen LogP contribution in [0.1, 0.15) is 101 Å². The van der Waals surface area contributed by atoms with Gasteiger partial charge in [0.2, 0.25) is 0 Å². The molecule has 7 aromatic rings. The van der Waals surface area contributed by atoms with E-state index in [1.54, 1.807) is 0 Å². The maximum atomic E-state index is 4.52. The molecule has 0 aliphatic carbocycles. The Labute approximate surface area is 320 Å². The Morgan fingerprint density at radius 3 is 1.29 bits per heavy atom. The van der Waals surface area contributed by atoms with Crippen LogP contribution in [0.4, 0.5) is 22.7 Å². The molecule has 3 nitrogen and oxygen atoms in total. The van der Waals surface area contributed by atoms with E-state index in [0.29, 0.717) is 23.7 Å². The number of rotatable bonds is 6. The average molecular weight is 853 g/mol. The van der Waals surface area contributed by atoms with Gasteiger partial charge in [0, 0.05) is 50.5 Å². The molecule has 8 rings (SSSR count). The van der Waals surface area contributed by atoms with Crippen LogP contribution < -0.4 is 14.8 Å². The van der Waals surface area contributed by atoms with Gasteiger partial charge in [-0.25, -0.2) is 0 Å². The van der Waals surface area contributed by atoms with Crippen molar-refractivity contribution in [1.29, 1.82) is 0 Å². The number of anilines is 4. The Kier molecular flexibility index (Phi) is 10.8. The fourth-order valence-corrected chi connectivity index (χ4v) is 7.58. The summed E-state index contributed by atoms with van der Waals surface area (Å²) in [5.74, 6) is 1.69. The third kappa shape index (κ3) is 6.76. The van der Waals surface area contributed by atoms with Crippen molar-refractivity contribution in [1.82, 2.24) is 4.98 Å². The normalized spacial score (nSPS) is 12.7. The molecular weight excluding hydrogens is 804 g/mol. The van der Waals surface area contributed by atoms with Gasteiger partial charge in [0.05, 0.1) is 0 Å². The molecule has 1 aliphatic rings. The minimum atomic E-state index is 0. The molecule has 1 aromatic heterocycles. The van der Waals surface area contributed by atoms with E-state index in [-0.39, 0.29) is 22.4 Å². The predicted octanol–water partition coefficient (Wildman–Crippen LogP) is 13.7. The van der Waals surface area contributed by atoms with Crippen molar-refractivity contribution in [3.63, 3.8) is 0 Å². The molecule has 1 aliphatic heterocycles.